The van der Waals surface area contributed by atoms with Crippen molar-refractivity contribution in [2.45, 2.75) is 18.9 Å². The minimum Gasteiger partial charge on any atom is -0.337 e. The van der Waals surface area contributed by atoms with Gasteiger partial charge < -0.3 is 4.74 Å². The lowest BCUT2D eigenvalue weighted by atomic mass is 10.1. The number of hydrazine groups is 1. The summed E-state index contributed by atoms with van der Waals surface area (Å²) in [7, 11) is 4.70. The molecule has 0 aliphatic carbocycles. The van der Waals surface area contributed by atoms with Crippen molar-refractivity contribution in [2.24, 2.45) is 4.99 Å². The highest BCUT2D eigenvalue weighted by Crippen LogP contribution is 2.37. The Hall–Kier alpha value is -2.61. The van der Waals surface area contributed by atoms with Crippen LogP contribution in [0.4, 0.5) is 4.79 Å². The summed E-state index contributed by atoms with van der Waals surface area (Å²) in [5.74, 6) is -1.07. The highest BCUT2D eigenvalue weighted by atomic mass is 16.5. The van der Waals surface area contributed by atoms with Gasteiger partial charge in [-0.25, -0.2) is 14.8 Å². The molecule has 3 rings (SSSR count). The average molecular weight is 317 g/mol. The average Bonchev–Trinajstić information content (AvgIpc) is 2.77. The van der Waals surface area contributed by atoms with Crippen LogP contribution in [0.25, 0.3) is 0 Å². The summed E-state index contributed by atoms with van der Waals surface area (Å²) >= 11 is 0. The number of amidine groups is 1. The number of rotatable bonds is 2. The fourth-order valence-corrected chi connectivity index (χ4v) is 3.00. The third-order valence-electron chi connectivity index (χ3n) is 4.20. The SMILES string of the molecule is COC12N=C(c3ccccc3)NN(C(C)=O)C1N(C)C(=O)N2C. The van der Waals surface area contributed by atoms with Crippen molar-refractivity contribution in [1.82, 2.24) is 20.2 Å². The maximum Gasteiger partial charge on any atom is 0.325 e. The molecule has 2 atom stereocenters. The molecule has 2 aliphatic heterocycles. The first kappa shape index (κ1) is 15.3. The van der Waals surface area contributed by atoms with Crippen LogP contribution in [0.15, 0.2) is 35.3 Å². The molecule has 8 heteroatoms. The molecule has 3 amide bonds. The molecular weight excluding hydrogens is 298 g/mol. The number of fused-ring (bicyclic) bond motifs is 1. The van der Waals surface area contributed by atoms with Gasteiger partial charge in [-0.05, 0) is 0 Å². The van der Waals surface area contributed by atoms with Gasteiger partial charge in [0.25, 0.3) is 5.85 Å². The zero-order valence-electron chi connectivity index (χ0n) is 13.5. The van der Waals surface area contributed by atoms with E-state index in [4.69, 9.17) is 4.74 Å². The number of methoxy groups -OCH3 is 1. The number of urea groups is 1. The third kappa shape index (κ3) is 2.06. The van der Waals surface area contributed by atoms with E-state index in [1.807, 2.05) is 30.3 Å². The molecule has 2 unspecified atom stereocenters. The summed E-state index contributed by atoms with van der Waals surface area (Å²) in [6.45, 7) is 1.43. The lowest BCUT2D eigenvalue weighted by Gasteiger charge is -2.44. The Kier molecular flexibility index (Phi) is 3.48. The molecule has 23 heavy (non-hydrogen) atoms. The van der Waals surface area contributed by atoms with Crippen LogP contribution in [0.5, 0.6) is 0 Å². The second kappa shape index (κ2) is 5.24. The molecular formula is C15H19N5O3. The van der Waals surface area contributed by atoms with Gasteiger partial charge in [-0.15, -0.1) is 0 Å². The topological polar surface area (TPSA) is 77.5 Å². The van der Waals surface area contributed by atoms with Crippen molar-refractivity contribution in [3.63, 3.8) is 0 Å². The quantitative estimate of drug-likeness (QED) is 0.858. The van der Waals surface area contributed by atoms with Crippen LogP contribution in [0.1, 0.15) is 12.5 Å². The van der Waals surface area contributed by atoms with Crippen molar-refractivity contribution < 1.29 is 14.3 Å². The Morgan fingerprint density at radius 3 is 2.52 bits per heavy atom. The Morgan fingerprint density at radius 1 is 1.30 bits per heavy atom. The monoisotopic (exact) mass is 317 g/mol. The van der Waals surface area contributed by atoms with Gasteiger partial charge in [-0.3, -0.25) is 20.0 Å². The zero-order chi connectivity index (χ0) is 16.8. The van der Waals surface area contributed by atoms with E-state index in [9.17, 15) is 9.59 Å². The Labute approximate surface area is 134 Å². The highest BCUT2D eigenvalue weighted by molar-refractivity contribution is 6.01. The largest absolute Gasteiger partial charge is 0.337 e. The Morgan fingerprint density at radius 2 is 1.96 bits per heavy atom. The van der Waals surface area contributed by atoms with Gasteiger partial charge in [-0.2, -0.15) is 0 Å². The van der Waals surface area contributed by atoms with E-state index < -0.39 is 12.0 Å². The van der Waals surface area contributed by atoms with E-state index in [2.05, 4.69) is 10.4 Å². The number of ether oxygens (including phenoxy) is 1. The first-order valence-corrected chi connectivity index (χ1v) is 7.20. The zero-order valence-corrected chi connectivity index (χ0v) is 13.5. The third-order valence-corrected chi connectivity index (χ3v) is 4.20. The van der Waals surface area contributed by atoms with Gasteiger partial charge in [-0.1, -0.05) is 30.3 Å². The van der Waals surface area contributed by atoms with Gasteiger partial charge in [0.05, 0.1) is 0 Å². The summed E-state index contributed by atoms with van der Waals surface area (Å²) < 4.78 is 5.63. The van der Waals surface area contributed by atoms with Gasteiger partial charge in [0.1, 0.15) is 0 Å². The number of amides is 3. The number of benzene rings is 1. The number of aliphatic imine (C=N–C) groups is 1. The van der Waals surface area contributed by atoms with Crippen molar-refractivity contribution in [2.75, 3.05) is 21.2 Å². The van der Waals surface area contributed by atoms with Gasteiger partial charge in [0, 0.05) is 33.7 Å². The maximum atomic E-state index is 12.4. The molecule has 8 nitrogen and oxygen atoms in total. The summed E-state index contributed by atoms with van der Waals surface area (Å²) in [6.07, 6.45) is -0.699. The Bertz CT molecular complexity index is 677. The predicted octanol–water partition coefficient (Wildman–Crippen LogP) is 0.423. The first-order chi connectivity index (χ1) is 10.9. The van der Waals surface area contributed by atoms with E-state index in [1.165, 1.54) is 28.8 Å². The Balaban J connectivity index is 2.17. The van der Waals surface area contributed by atoms with Gasteiger partial charge in [0.15, 0.2) is 12.0 Å². The van der Waals surface area contributed by atoms with Gasteiger partial charge in [0.2, 0.25) is 5.91 Å². The number of hydrogen-bond donors (Lipinski definition) is 1. The van der Waals surface area contributed by atoms with Crippen LogP contribution < -0.4 is 5.43 Å². The smallest absolute Gasteiger partial charge is 0.325 e. The van der Waals surface area contributed by atoms with Crippen LogP contribution in [-0.2, 0) is 9.53 Å². The molecule has 2 aliphatic rings. The number of nitrogens with one attached hydrogen (secondary N) is 1. The van der Waals surface area contributed by atoms with Crippen molar-refractivity contribution in [1.29, 1.82) is 0 Å². The summed E-state index contributed by atoms with van der Waals surface area (Å²) in [4.78, 5) is 32.0. The molecule has 0 spiro atoms. The van der Waals surface area contributed by atoms with E-state index in [1.54, 1.807) is 14.1 Å². The van der Waals surface area contributed by atoms with Crippen molar-refractivity contribution in [3.8, 4) is 0 Å². The molecule has 1 saturated heterocycles. The molecule has 1 aromatic carbocycles. The lowest BCUT2D eigenvalue weighted by Crippen LogP contribution is -2.68. The first-order valence-electron chi connectivity index (χ1n) is 7.20. The van der Waals surface area contributed by atoms with Crippen molar-refractivity contribution >= 4 is 17.8 Å². The molecule has 0 radical (unpaired) electrons. The van der Waals surface area contributed by atoms with E-state index in [-0.39, 0.29) is 11.9 Å². The second-order valence-corrected chi connectivity index (χ2v) is 5.52. The highest BCUT2D eigenvalue weighted by Gasteiger charge is 2.61. The summed E-state index contributed by atoms with van der Waals surface area (Å²) in [5, 5.41) is 1.38. The molecule has 0 aromatic heterocycles. The molecule has 2 heterocycles. The molecule has 0 saturated carbocycles. The normalized spacial score (nSPS) is 26.8. The fourth-order valence-electron chi connectivity index (χ4n) is 3.00. The number of likely N-dealkylation sites (N-methyl/N-ethyl adjacent to an activating group) is 2. The summed E-state index contributed by atoms with van der Waals surface area (Å²) in [6, 6.07) is 9.10. The predicted molar refractivity (Wildman–Crippen MR) is 83.1 cm³/mol. The molecule has 1 fully saturated rings. The number of hydrogen-bond acceptors (Lipinski definition) is 5. The standard InChI is InChI=1S/C15H19N5O3/c1-10(21)20-13-15(23-4,19(3)14(22)18(13)2)16-12(17-20)11-8-6-5-7-9-11/h5-9,13H,1-4H3,(H,16,17). The van der Waals surface area contributed by atoms with E-state index in [0.717, 1.165) is 5.56 Å². The minimum atomic E-state index is -1.30. The second-order valence-electron chi connectivity index (χ2n) is 5.52. The lowest BCUT2D eigenvalue weighted by molar-refractivity contribution is -0.171. The molecule has 0 bridgehead atoms. The van der Waals surface area contributed by atoms with E-state index in [0.29, 0.717) is 5.84 Å². The van der Waals surface area contributed by atoms with Gasteiger partial charge >= 0.3 is 6.03 Å². The van der Waals surface area contributed by atoms with Crippen LogP contribution in [-0.4, -0.2) is 65.8 Å². The van der Waals surface area contributed by atoms with Crippen LogP contribution in [0, 0.1) is 0 Å². The number of carbonyl (C=O) groups excluding carboxylic acids is 2. The molecule has 1 N–H and O–H groups in total. The number of carbonyl (C=O) groups is 2. The maximum absolute atomic E-state index is 12.4. The summed E-state index contributed by atoms with van der Waals surface area (Å²) in [5.41, 5.74) is 3.80. The molecule has 122 valence electrons. The molecule has 1 aromatic rings. The van der Waals surface area contributed by atoms with E-state index >= 15 is 0 Å². The van der Waals surface area contributed by atoms with Crippen LogP contribution in [0.3, 0.4) is 0 Å². The fraction of sp³-hybridized carbons (Fsp3) is 0.400. The van der Waals surface area contributed by atoms with Crippen LogP contribution in [0.2, 0.25) is 0 Å². The van der Waals surface area contributed by atoms with Crippen molar-refractivity contribution in [3.05, 3.63) is 35.9 Å². The minimum absolute atomic E-state index is 0.241. The number of nitrogens with zero attached hydrogens (tertiary/aromatic N) is 4. The van der Waals surface area contributed by atoms with Crippen LogP contribution >= 0.6 is 0 Å².